The molecule has 0 amide bonds. The van der Waals surface area contributed by atoms with Crippen molar-refractivity contribution in [3.05, 3.63) is 32.8 Å². The van der Waals surface area contributed by atoms with Crippen molar-refractivity contribution in [2.75, 3.05) is 13.1 Å². The molecule has 3 N–H and O–H groups in total. The second-order valence-electron chi connectivity index (χ2n) is 3.51. The zero-order chi connectivity index (χ0) is 10.3. The van der Waals surface area contributed by atoms with Crippen LogP contribution in [-0.2, 0) is 5.54 Å². The summed E-state index contributed by atoms with van der Waals surface area (Å²) in [5.41, 5.74) is 6.67. The molecule has 2 nitrogen and oxygen atoms in total. The Hall–Kier alpha value is 0.300. The molecule has 1 aromatic rings. The van der Waals surface area contributed by atoms with Crippen LogP contribution in [0.3, 0.4) is 0 Å². The first kappa shape index (κ1) is 13.4. The Morgan fingerprint density at radius 3 is 1.93 bits per heavy atom. The molecule has 0 spiro atoms. The summed E-state index contributed by atoms with van der Waals surface area (Å²) in [7, 11) is 0. The number of halogens is 4. The fraction of sp³-hybridized carbons (Fsp3) is 0.333. The highest BCUT2D eigenvalue weighted by molar-refractivity contribution is 6.48. The van der Waals surface area contributed by atoms with Gasteiger partial charge >= 0.3 is 0 Å². The maximum absolute atomic E-state index is 6.09. The Balaban J connectivity index is 0.00000112. The largest absolute Gasteiger partial charge is 0.319 e. The van der Waals surface area contributed by atoms with Crippen LogP contribution in [0.15, 0.2) is 12.1 Å². The summed E-state index contributed by atoms with van der Waals surface area (Å²) in [6, 6.07) is 3.55. The van der Waals surface area contributed by atoms with Gasteiger partial charge in [-0.05, 0) is 17.7 Å². The summed E-state index contributed by atoms with van der Waals surface area (Å²) in [6.45, 7) is 1.47. The van der Waals surface area contributed by atoms with E-state index in [1.807, 2.05) is 0 Å². The van der Waals surface area contributed by atoms with Crippen LogP contribution >= 0.6 is 47.2 Å². The first-order valence-electron chi connectivity index (χ1n) is 4.17. The fourth-order valence-electron chi connectivity index (χ4n) is 1.44. The highest BCUT2D eigenvalue weighted by Gasteiger charge is 2.34. The Labute approximate surface area is 109 Å². The molecule has 1 aliphatic rings. The van der Waals surface area contributed by atoms with Gasteiger partial charge in [-0.3, -0.25) is 0 Å². The smallest absolute Gasteiger partial charge is 0.0778 e. The van der Waals surface area contributed by atoms with Crippen molar-refractivity contribution in [2.24, 2.45) is 5.73 Å². The minimum atomic E-state index is -0.349. The standard InChI is InChI=1S/C9H9Cl3N2.ClH/c10-6-1-5(2-7(11)8(6)12)9(13)3-14-4-9;/h1-2,14H,3-4,13H2;1H. The SMILES string of the molecule is Cl.NC1(c2cc(Cl)c(Cl)c(Cl)c2)CNC1. The van der Waals surface area contributed by atoms with Crippen LogP contribution in [0, 0.1) is 0 Å². The quantitative estimate of drug-likeness (QED) is 0.780. The van der Waals surface area contributed by atoms with Gasteiger partial charge in [0.15, 0.2) is 0 Å². The molecule has 0 unspecified atom stereocenters. The van der Waals surface area contributed by atoms with Crippen LogP contribution in [0.25, 0.3) is 0 Å². The molecule has 84 valence electrons. The lowest BCUT2D eigenvalue weighted by atomic mass is 9.85. The van der Waals surface area contributed by atoms with Crippen LogP contribution in [-0.4, -0.2) is 13.1 Å². The lowest BCUT2D eigenvalue weighted by molar-refractivity contribution is 0.287. The molecule has 0 radical (unpaired) electrons. The maximum Gasteiger partial charge on any atom is 0.0778 e. The van der Waals surface area contributed by atoms with E-state index in [4.69, 9.17) is 40.5 Å². The Kier molecular flexibility index (Phi) is 4.15. The average Bonchev–Trinajstić information content (AvgIpc) is 2.09. The minimum absolute atomic E-state index is 0. The van der Waals surface area contributed by atoms with Crippen molar-refractivity contribution < 1.29 is 0 Å². The molecule has 15 heavy (non-hydrogen) atoms. The topological polar surface area (TPSA) is 38.0 Å². The van der Waals surface area contributed by atoms with Gasteiger partial charge in [0.05, 0.1) is 20.6 Å². The first-order chi connectivity index (χ1) is 6.53. The summed E-state index contributed by atoms with van der Waals surface area (Å²) >= 11 is 17.7. The lowest BCUT2D eigenvalue weighted by Crippen LogP contribution is -2.62. The number of nitrogens with one attached hydrogen (secondary N) is 1. The second kappa shape index (κ2) is 4.66. The van der Waals surface area contributed by atoms with Gasteiger partial charge in [0.2, 0.25) is 0 Å². The summed E-state index contributed by atoms with van der Waals surface area (Å²) in [5.74, 6) is 0. The second-order valence-corrected chi connectivity index (χ2v) is 4.71. The molecular formula is C9H10Cl4N2. The van der Waals surface area contributed by atoms with Crippen LogP contribution < -0.4 is 11.1 Å². The van der Waals surface area contributed by atoms with E-state index < -0.39 is 0 Å². The predicted molar refractivity (Wildman–Crippen MR) is 67.5 cm³/mol. The number of hydrogen-bond donors (Lipinski definition) is 2. The van der Waals surface area contributed by atoms with Gasteiger partial charge in [0.1, 0.15) is 0 Å². The van der Waals surface area contributed by atoms with Gasteiger partial charge < -0.3 is 11.1 Å². The molecule has 1 aromatic carbocycles. The van der Waals surface area contributed by atoms with Crippen molar-refractivity contribution in [3.8, 4) is 0 Å². The Bertz CT molecular complexity index is 353. The van der Waals surface area contributed by atoms with Crippen molar-refractivity contribution in [1.29, 1.82) is 0 Å². The van der Waals surface area contributed by atoms with Crippen LogP contribution in [0.2, 0.25) is 15.1 Å². The molecular weight excluding hydrogens is 278 g/mol. The normalized spacial score (nSPS) is 17.9. The van der Waals surface area contributed by atoms with E-state index in [-0.39, 0.29) is 17.9 Å². The molecule has 0 atom stereocenters. The van der Waals surface area contributed by atoms with E-state index in [9.17, 15) is 0 Å². The Morgan fingerprint density at radius 1 is 1.13 bits per heavy atom. The fourth-order valence-corrected chi connectivity index (χ4v) is 2.04. The van der Waals surface area contributed by atoms with E-state index in [1.165, 1.54) is 0 Å². The van der Waals surface area contributed by atoms with Gasteiger partial charge in [0.25, 0.3) is 0 Å². The molecule has 6 heteroatoms. The summed E-state index contributed by atoms with van der Waals surface area (Å²) < 4.78 is 0. The van der Waals surface area contributed by atoms with Gasteiger partial charge in [0, 0.05) is 13.1 Å². The highest BCUT2D eigenvalue weighted by atomic mass is 35.5. The third-order valence-electron chi connectivity index (χ3n) is 2.44. The Morgan fingerprint density at radius 2 is 1.60 bits per heavy atom. The molecule has 1 heterocycles. The van der Waals surface area contributed by atoms with Crippen molar-refractivity contribution in [3.63, 3.8) is 0 Å². The monoisotopic (exact) mass is 286 g/mol. The molecule has 0 bridgehead atoms. The predicted octanol–water partition coefficient (Wildman–Crippen LogP) is 2.83. The summed E-state index contributed by atoms with van der Waals surface area (Å²) in [6.07, 6.45) is 0. The number of benzene rings is 1. The van der Waals surface area contributed by atoms with Gasteiger partial charge in [-0.2, -0.15) is 0 Å². The van der Waals surface area contributed by atoms with Crippen LogP contribution in [0.4, 0.5) is 0 Å². The minimum Gasteiger partial charge on any atom is -0.319 e. The van der Waals surface area contributed by atoms with Crippen molar-refractivity contribution in [2.45, 2.75) is 5.54 Å². The molecule has 0 aromatic heterocycles. The van der Waals surface area contributed by atoms with Gasteiger partial charge in [-0.1, -0.05) is 34.8 Å². The summed E-state index contributed by atoms with van der Waals surface area (Å²) in [5, 5.41) is 4.39. The van der Waals surface area contributed by atoms with E-state index in [0.717, 1.165) is 18.7 Å². The van der Waals surface area contributed by atoms with Gasteiger partial charge in [-0.25, -0.2) is 0 Å². The highest BCUT2D eigenvalue weighted by Crippen LogP contribution is 2.35. The van der Waals surface area contributed by atoms with E-state index in [0.29, 0.717) is 15.1 Å². The number of hydrogen-bond acceptors (Lipinski definition) is 2. The zero-order valence-corrected chi connectivity index (χ0v) is 10.8. The first-order valence-corrected chi connectivity index (χ1v) is 5.31. The van der Waals surface area contributed by atoms with Crippen LogP contribution in [0.5, 0.6) is 0 Å². The van der Waals surface area contributed by atoms with E-state index in [2.05, 4.69) is 5.32 Å². The maximum atomic E-state index is 6.09. The third-order valence-corrected chi connectivity index (χ3v) is 3.64. The number of rotatable bonds is 1. The van der Waals surface area contributed by atoms with Crippen LogP contribution in [0.1, 0.15) is 5.56 Å². The molecule has 1 aliphatic heterocycles. The third kappa shape index (κ3) is 2.36. The zero-order valence-electron chi connectivity index (χ0n) is 7.69. The average molecular weight is 288 g/mol. The van der Waals surface area contributed by atoms with E-state index >= 15 is 0 Å². The van der Waals surface area contributed by atoms with Crippen molar-refractivity contribution in [1.82, 2.24) is 5.32 Å². The molecule has 1 fully saturated rings. The lowest BCUT2D eigenvalue weighted by Gasteiger charge is -2.39. The molecule has 1 saturated heterocycles. The summed E-state index contributed by atoms with van der Waals surface area (Å²) in [4.78, 5) is 0. The molecule has 0 saturated carbocycles. The van der Waals surface area contributed by atoms with E-state index in [1.54, 1.807) is 12.1 Å². The van der Waals surface area contributed by atoms with Crippen molar-refractivity contribution >= 4 is 47.2 Å². The molecule has 0 aliphatic carbocycles. The number of nitrogens with two attached hydrogens (primary N) is 1. The van der Waals surface area contributed by atoms with Gasteiger partial charge in [-0.15, -0.1) is 12.4 Å². The molecule has 2 rings (SSSR count).